The van der Waals surface area contributed by atoms with E-state index in [1.807, 2.05) is 0 Å². The van der Waals surface area contributed by atoms with Crippen LogP contribution in [0.3, 0.4) is 0 Å². The van der Waals surface area contributed by atoms with Crippen molar-refractivity contribution in [2.75, 3.05) is 92.5 Å². The van der Waals surface area contributed by atoms with Crippen molar-refractivity contribution in [3.63, 3.8) is 0 Å². The zero-order valence-electron chi connectivity index (χ0n) is 21.9. The minimum absolute atomic E-state index is 0.149. The number of esters is 2. The summed E-state index contributed by atoms with van der Waals surface area (Å²) in [5.41, 5.74) is 0. The summed E-state index contributed by atoms with van der Waals surface area (Å²) >= 11 is 0. The summed E-state index contributed by atoms with van der Waals surface area (Å²) in [6.45, 7) is 10.0. The summed E-state index contributed by atoms with van der Waals surface area (Å²) in [5.74, 6) is -0.400. The van der Waals surface area contributed by atoms with Gasteiger partial charge in [-0.15, -0.1) is 0 Å². The van der Waals surface area contributed by atoms with E-state index in [9.17, 15) is 9.59 Å². The average Bonchev–Trinajstić information content (AvgIpc) is 2.85. The molecule has 0 spiro atoms. The smallest absolute Gasteiger partial charge is 0.308 e. The molecular formula is C25H48O10. The van der Waals surface area contributed by atoms with Gasteiger partial charge in [-0.2, -0.15) is 0 Å². The molecule has 0 unspecified atom stereocenters. The molecule has 0 aromatic heterocycles. The molecule has 0 amide bonds. The first kappa shape index (κ1) is 33.7. The van der Waals surface area contributed by atoms with Crippen LogP contribution in [0.1, 0.15) is 58.8 Å². The van der Waals surface area contributed by atoms with Crippen molar-refractivity contribution >= 4 is 11.9 Å². The fourth-order valence-corrected chi connectivity index (χ4v) is 2.75. The predicted octanol–water partition coefficient (Wildman–Crippen LogP) is 2.94. The lowest BCUT2D eigenvalue weighted by Crippen LogP contribution is -2.15. The fourth-order valence-electron chi connectivity index (χ4n) is 2.75. The van der Waals surface area contributed by atoms with Crippen molar-refractivity contribution in [3.05, 3.63) is 0 Å². The molecule has 0 aromatic carbocycles. The minimum Gasteiger partial charge on any atom is -0.466 e. The zero-order chi connectivity index (χ0) is 25.7. The van der Waals surface area contributed by atoms with Gasteiger partial charge in [0.15, 0.2) is 0 Å². The van der Waals surface area contributed by atoms with E-state index in [1.165, 1.54) is 19.3 Å². The standard InChI is InChI=1S/C25H48O10/c1-3-5-6-7-8-9-24(26)35-23-22-33-21-20-32-19-18-31-17-16-30-15-14-29-13-12-28-11-10-25(27)34-4-2/h3-23H2,1-2H3. The Morgan fingerprint density at radius 3 is 1.29 bits per heavy atom. The highest BCUT2D eigenvalue weighted by Gasteiger charge is 2.03. The van der Waals surface area contributed by atoms with Crippen LogP contribution in [0.25, 0.3) is 0 Å². The highest BCUT2D eigenvalue weighted by atomic mass is 16.6. The Hall–Kier alpha value is -1.30. The number of carbonyl (C=O) groups is 2. The summed E-state index contributed by atoms with van der Waals surface area (Å²) in [7, 11) is 0. The number of hydrogen-bond acceptors (Lipinski definition) is 10. The molecule has 0 aliphatic carbocycles. The van der Waals surface area contributed by atoms with Crippen LogP contribution < -0.4 is 0 Å². The molecule has 0 fully saturated rings. The van der Waals surface area contributed by atoms with E-state index < -0.39 is 0 Å². The van der Waals surface area contributed by atoms with Gasteiger partial charge in [0.25, 0.3) is 0 Å². The van der Waals surface area contributed by atoms with E-state index >= 15 is 0 Å². The number of ether oxygens (including phenoxy) is 8. The maximum absolute atomic E-state index is 11.6. The van der Waals surface area contributed by atoms with Gasteiger partial charge < -0.3 is 37.9 Å². The van der Waals surface area contributed by atoms with E-state index in [-0.39, 0.29) is 25.0 Å². The Kier molecular flexibility index (Phi) is 27.9. The van der Waals surface area contributed by atoms with Crippen molar-refractivity contribution in [2.45, 2.75) is 58.8 Å². The molecular weight excluding hydrogens is 460 g/mol. The van der Waals surface area contributed by atoms with Crippen molar-refractivity contribution in [1.82, 2.24) is 0 Å². The van der Waals surface area contributed by atoms with Crippen LogP contribution >= 0.6 is 0 Å². The molecule has 0 saturated carbocycles. The second kappa shape index (κ2) is 28.9. The largest absolute Gasteiger partial charge is 0.466 e. The normalized spacial score (nSPS) is 11.0. The first-order chi connectivity index (χ1) is 17.2. The topological polar surface area (TPSA) is 108 Å². The van der Waals surface area contributed by atoms with Gasteiger partial charge in [0, 0.05) is 6.42 Å². The quantitative estimate of drug-likeness (QED) is 0.116. The molecule has 0 bridgehead atoms. The fraction of sp³-hybridized carbons (Fsp3) is 0.920. The van der Waals surface area contributed by atoms with E-state index in [2.05, 4.69) is 6.92 Å². The summed E-state index contributed by atoms with van der Waals surface area (Å²) in [5, 5.41) is 0. The number of carbonyl (C=O) groups excluding carboxylic acids is 2. The van der Waals surface area contributed by atoms with Crippen molar-refractivity contribution in [1.29, 1.82) is 0 Å². The molecule has 208 valence electrons. The average molecular weight is 509 g/mol. The second-order valence-corrected chi connectivity index (χ2v) is 7.61. The molecule has 10 heteroatoms. The lowest BCUT2D eigenvalue weighted by molar-refractivity contribution is -0.146. The van der Waals surface area contributed by atoms with Crippen LogP contribution in [0.4, 0.5) is 0 Å². The van der Waals surface area contributed by atoms with Gasteiger partial charge in [-0.1, -0.05) is 32.6 Å². The van der Waals surface area contributed by atoms with Crippen LogP contribution in [0.5, 0.6) is 0 Å². The van der Waals surface area contributed by atoms with Crippen LogP contribution in [0, 0.1) is 0 Å². The van der Waals surface area contributed by atoms with E-state index in [0.717, 1.165) is 12.8 Å². The molecule has 0 heterocycles. The van der Waals surface area contributed by atoms with Crippen molar-refractivity contribution in [2.24, 2.45) is 0 Å². The summed E-state index contributed by atoms with van der Waals surface area (Å²) in [6, 6.07) is 0. The van der Waals surface area contributed by atoms with E-state index in [4.69, 9.17) is 37.9 Å². The first-order valence-electron chi connectivity index (χ1n) is 13.0. The molecule has 0 radical (unpaired) electrons. The second-order valence-electron chi connectivity index (χ2n) is 7.61. The van der Waals surface area contributed by atoms with Crippen LogP contribution in [0.2, 0.25) is 0 Å². The van der Waals surface area contributed by atoms with E-state index in [0.29, 0.717) is 92.3 Å². The Bertz CT molecular complexity index is 462. The summed E-state index contributed by atoms with van der Waals surface area (Å²) in [4.78, 5) is 22.7. The summed E-state index contributed by atoms with van der Waals surface area (Å²) in [6.07, 6.45) is 6.33. The SMILES string of the molecule is CCCCCCCC(=O)OCCOCCOCCOCCOCCOCCOCCC(=O)OCC. The minimum atomic E-state index is -0.251. The number of hydrogen-bond donors (Lipinski definition) is 0. The third kappa shape index (κ3) is 28.8. The molecule has 35 heavy (non-hydrogen) atoms. The lowest BCUT2D eigenvalue weighted by Gasteiger charge is -2.08. The van der Waals surface area contributed by atoms with Gasteiger partial charge >= 0.3 is 11.9 Å². The summed E-state index contributed by atoms with van der Waals surface area (Å²) < 4.78 is 42.2. The van der Waals surface area contributed by atoms with Crippen LogP contribution in [-0.2, 0) is 47.5 Å². The monoisotopic (exact) mass is 508 g/mol. The van der Waals surface area contributed by atoms with Gasteiger partial charge in [-0.05, 0) is 13.3 Å². The van der Waals surface area contributed by atoms with Crippen LogP contribution in [-0.4, -0.2) is 104 Å². The third-order valence-electron chi connectivity index (χ3n) is 4.59. The maximum Gasteiger partial charge on any atom is 0.308 e. The molecule has 0 aromatic rings. The molecule has 0 rings (SSSR count). The molecule has 0 aliphatic heterocycles. The van der Waals surface area contributed by atoms with Crippen molar-refractivity contribution in [3.8, 4) is 0 Å². The molecule has 0 atom stereocenters. The molecule has 10 nitrogen and oxygen atoms in total. The zero-order valence-corrected chi connectivity index (χ0v) is 21.9. The number of unbranched alkanes of at least 4 members (excludes halogenated alkanes) is 4. The Balaban J connectivity index is 3.12. The molecule has 0 aliphatic rings. The van der Waals surface area contributed by atoms with Crippen LogP contribution in [0.15, 0.2) is 0 Å². The first-order valence-corrected chi connectivity index (χ1v) is 13.0. The molecule has 0 N–H and O–H groups in total. The van der Waals surface area contributed by atoms with Gasteiger partial charge in [0.2, 0.25) is 0 Å². The maximum atomic E-state index is 11.6. The third-order valence-corrected chi connectivity index (χ3v) is 4.59. The van der Waals surface area contributed by atoms with Gasteiger partial charge in [0.1, 0.15) is 6.61 Å². The predicted molar refractivity (Wildman–Crippen MR) is 130 cm³/mol. The van der Waals surface area contributed by atoms with E-state index in [1.54, 1.807) is 6.92 Å². The Morgan fingerprint density at radius 1 is 0.429 bits per heavy atom. The van der Waals surface area contributed by atoms with Crippen molar-refractivity contribution < 1.29 is 47.5 Å². The molecule has 0 saturated heterocycles. The number of rotatable bonds is 28. The van der Waals surface area contributed by atoms with Gasteiger partial charge in [-0.3, -0.25) is 9.59 Å². The Morgan fingerprint density at radius 2 is 0.829 bits per heavy atom. The highest BCUT2D eigenvalue weighted by Crippen LogP contribution is 2.05. The Labute approximate surface area is 211 Å². The highest BCUT2D eigenvalue weighted by molar-refractivity contribution is 5.69. The lowest BCUT2D eigenvalue weighted by atomic mass is 10.1. The van der Waals surface area contributed by atoms with Gasteiger partial charge in [0.05, 0.1) is 92.3 Å². The van der Waals surface area contributed by atoms with Gasteiger partial charge in [-0.25, -0.2) is 0 Å².